The van der Waals surface area contributed by atoms with E-state index >= 15 is 0 Å². The number of aliphatic hydroxyl groups excluding tert-OH is 1. The van der Waals surface area contributed by atoms with Gasteiger partial charge < -0.3 is 20.3 Å². The standard InChI is InChI=1S/C39H65NO5/c1-10-21-45-23-25(4)26-13-18-39(34(44)40-28(33(42)43)22-24(2)3)20-19-37(8)27(32(26)39)11-12-30-36(7)16-15-31(41)35(5,6)29(36)14-17-38(30,37)9/h24,26-32,41H,4,10-23H2,1-3,5-9H3,(H,40,44)(H,42,43)/t26-,27+,28-,29-,30+,31-,32+,36-,37+,38+,39-/m0/s1. The summed E-state index contributed by atoms with van der Waals surface area (Å²) >= 11 is 0. The first-order chi connectivity index (χ1) is 21.0. The van der Waals surface area contributed by atoms with Crippen molar-refractivity contribution in [3.05, 3.63) is 12.2 Å². The molecule has 6 heteroatoms. The molecule has 0 unspecified atom stereocenters. The maximum Gasteiger partial charge on any atom is 0.326 e. The van der Waals surface area contributed by atoms with Crippen LogP contribution in [0.15, 0.2) is 12.2 Å². The minimum atomic E-state index is -0.934. The second-order valence-electron chi connectivity index (χ2n) is 18.1. The molecule has 5 aliphatic carbocycles. The van der Waals surface area contributed by atoms with Gasteiger partial charge in [0.15, 0.2) is 0 Å². The molecular weight excluding hydrogens is 562 g/mol. The number of hydrogen-bond acceptors (Lipinski definition) is 4. The Balaban J connectivity index is 1.52. The minimum absolute atomic E-state index is 0.0293. The number of nitrogens with one attached hydrogen (secondary N) is 1. The van der Waals surface area contributed by atoms with Crippen LogP contribution in [0.2, 0.25) is 0 Å². The van der Waals surface area contributed by atoms with Gasteiger partial charge in [0.05, 0.1) is 18.1 Å². The number of carboxylic acids is 1. The first-order valence-corrected chi connectivity index (χ1v) is 18.5. The van der Waals surface area contributed by atoms with Crippen LogP contribution in [0, 0.1) is 62.6 Å². The Morgan fingerprint density at radius 1 is 0.911 bits per heavy atom. The maximum absolute atomic E-state index is 14.5. The second-order valence-corrected chi connectivity index (χ2v) is 18.1. The summed E-state index contributed by atoms with van der Waals surface area (Å²) < 4.78 is 6.04. The van der Waals surface area contributed by atoms with Gasteiger partial charge in [-0.2, -0.15) is 0 Å². The van der Waals surface area contributed by atoms with Gasteiger partial charge in [0.25, 0.3) is 0 Å². The number of amides is 1. The van der Waals surface area contributed by atoms with E-state index in [1.807, 2.05) is 13.8 Å². The number of fused-ring (bicyclic) bond motifs is 7. The summed E-state index contributed by atoms with van der Waals surface area (Å²) in [5, 5.41) is 24.3. The molecule has 5 rings (SSSR count). The Hall–Kier alpha value is -1.40. The van der Waals surface area contributed by atoms with Crippen molar-refractivity contribution in [1.82, 2.24) is 5.32 Å². The van der Waals surface area contributed by atoms with Crippen molar-refractivity contribution in [2.45, 2.75) is 145 Å². The van der Waals surface area contributed by atoms with Gasteiger partial charge in [0.2, 0.25) is 5.91 Å². The van der Waals surface area contributed by atoms with Gasteiger partial charge in [-0.1, -0.05) is 62.0 Å². The highest BCUT2D eigenvalue weighted by atomic mass is 16.5. The highest BCUT2D eigenvalue weighted by molar-refractivity contribution is 5.88. The fourth-order valence-electron chi connectivity index (χ4n) is 12.9. The molecule has 0 aromatic rings. The van der Waals surface area contributed by atoms with E-state index in [1.54, 1.807) is 0 Å². The van der Waals surface area contributed by atoms with Crippen LogP contribution in [-0.4, -0.2) is 47.4 Å². The van der Waals surface area contributed by atoms with Gasteiger partial charge in [-0.05, 0) is 140 Å². The van der Waals surface area contributed by atoms with Crippen molar-refractivity contribution in [2.75, 3.05) is 13.2 Å². The molecule has 3 N–H and O–H groups in total. The van der Waals surface area contributed by atoms with Crippen LogP contribution in [0.4, 0.5) is 0 Å². The largest absolute Gasteiger partial charge is 0.480 e. The quantitative estimate of drug-likeness (QED) is 0.168. The molecule has 0 bridgehead atoms. The third-order valence-electron chi connectivity index (χ3n) is 15.3. The third kappa shape index (κ3) is 5.35. The van der Waals surface area contributed by atoms with Gasteiger partial charge in [-0.25, -0.2) is 4.79 Å². The first kappa shape index (κ1) is 34.9. The lowest BCUT2D eigenvalue weighted by atomic mass is 9.32. The van der Waals surface area contributed by atoms with E-state index in [4.69, 9.17) is 4.74 Å². The van der Waals surface area contributed by atoms with E-state index in [2.05, 4.69) is 53.4 Å². The number of carbonyl (C=O) groups excluding carboxylic acids is 1. The maximum atomic E-state index is 14.5. The van der Waals surface area contributed by atoms with Crippen LogP contribution in [0.25, 0.3) is 0 Å². The Morgan fingerprint density at radius 3 is 2.27 bits per heavy atom. The summed E-state index contributed by atoms with van der Waals surface area (Å²) in [6.07, 6.45) is 11.3. The molecular formula is C39H65NO5. The normalized spacial score (nSPS) is 44.2. The van der Waals surface area contributed by atoms with Gasteiger partial charge in [0.1, 0.15) is 6.04 Å². The van der Waals surface area contributed by atoms with Crippen LogP contribution in [-0.2, 0) is 14.3 Å². The predicted molar refractivity (Wildman–Crippen MR) is 179 cm³/mol. The second kappa shape index (κ2) is 12.2. The van der Waals surface area contributed by atoms with E-state index < -0.39 is 17.4 Å². The molecule has 256 valence electrons. The molecule has 6 nitrogen and oxygen atoms in total. The number of ether oxygens (including phenoxy) is 1. The van der Waals surface area contributed by atoms with E-state index in [0.717, 1.165) is 63.4 Å². The van der Waals surface area contributed by atoms with Crippen molar-refractivity contribution in [1.29, 1.82) is 0 Å². The fourth-order valence-corrected chi connectivity index (χ4v) is 12.9. The molecule has 0 aliphatic heterocycles. The zero-order chi connectivity index (χ0) is 33.2. The number of aliphatic hydroxyl groups is 1. The topological polar surface area (TPSA) is 95.9 Å². The molecule has 5 fully saturated rings. The van der Waals surface area contributed by atoms with Crippen LogP contribution in [0.5, 0.6) is 0 Å². The van der Waals surface area contributed by atoms with Crippen LogP contribution in [0.3, 0.4) is 0 Å². The predicted octanol–water partition coefficient (Wildman–Crippen LogP) is 8.03. The molecule has 0 spiro atoms. The molecule has 0 aromatic carbocycles. The van der Waals surface area contributed by atoms with Crippen LogP contribution >= 0.6 is 0 Å². The summed E-state index contributed by atoms with van der Waals surface area (Å²) in [6.45, 7) is 24.3. The zero-order valence-corrected chi connectivity index (χ0v) is 29.8. The van der Waals surface area contributed by atoms with Crippen molar-refractivity contribution in [2.24, 2.45) is 62.6 Å². The molecule has 0 saturated heterocycles. The minimum Gasteiger partial charge on any atom is -0.480 e. The number of hydrogen-bond donors (Lipinski definition) is 3. The monoisotopic (exact) mass is 627 g/mol. The summed E-state index contributed by atoms with van der Waals surface area (Å²) in [6, 6.07) is -0.857. The van der Waals surface area contributed by atoms with Crippen molar-refractivity contribution < 1.29 is 24.5 Å². The fraction of sp³-hybridized carbons (Fsp3) is 0.897. The SMILES string of the molecule is C=C(COCCC)[C@@H]1CC[C@]2(C(=O)N[C@@H](CC(C)C)C(=O)O)CC[C@]3(C)[C@H](CC[C@@H]4[C@@]5(C)CC[C@H](O)C(C)(C)[C@@H]5CC[C@]43C)[C@@H]12. The van der Waals surface area contributed by atoms with Gasteiger partial charge in [-0.15, -0.1) is 0 Å². The summed E-state index contributed by atoms with van der Waals surface area (Å²) in [5.41, 5.74) is 0.916. The summed E-state index contributed by atoms with van der Waals surface area (Å²) in [4.78, 5) is 26.8. The van der Waals surface area contributed by atoms with E-state index in [9.17, 15) is 19.8 Å². The Labute approximate surface area is 273 Å². The summed E-state index contributed by atoms with van der Waals surface area (Å²) in [7, 11) is 0. The highest BCUT2D eigenvalue weighted by Gasteiger charge is 2.72. The molecule has 45 heavy (non-hydrogen) atoms. The molecule has 0 aromatic heterocycles. The lowest BCUT2D eigenvalue weighted by molar-refractivity contribution is -0.246. The average Bonchev–Trinajstić information content (AvgIpc) is 3.36. The van der Waals surface area contributed by atoms with Gasteiger partial charge >= 0.3 is 5.97 Å². The Bertz CT molecular complexity index is 1150. The number of carboxylic acid groups (broad SMARTS) is 1. The average molecular weight is 628 g/mol. The van der Waals surface area contributed by atoms with Crippen LogP contribution in [0.1, 0.15) is 132 Å². The molecule has 5 saturated carbocycles. The van der Waals surface area contributed by atoms with Crippen LogP contribution < -0.4 is 5.32 Å². The highest BCUT2D eigenvalue weighted by Crippen LogP contribution is 2.77. The number of carbonyl (C=O) groups is 2. The third-order valence-corrected chi connectivity index (χ3v) is 15.3. The lowest BCUT2D eigenvalue weighted by Gasteiger charge is -2.72. The van der Waals surface area contributed by atoms with Gasteiger partial charge in [0, 0.05) is 6.61 Å². The smallest absolute Gasteiger partial charge is 0.326 e. The first-order valence-electron chi connectivity index (χ1n) is 18.5. The lowest BCUT2D eigenvalue weighted by Crippen LogP contribution is -2.67. The molecule has 5 aliphatic rings. The molecule has 0 radical (unpaired) electrons. The van der Waals surface area contributed by atoms with E-state index in [1.165, 1.54) is 12.8 Å². The Kier molecular flexibility index (Phi) is 9.50. The Morgan fingerprint density at radius 2 is 1.62 bits per heavy atom. The molecule has 1 amide bonds. The number of aliphatic carboxylic acids is 1. The van der Waals surface area contributed by atoms with Crippen molar-refractivity contribution >= 4 is 11.9 Å². The zero-order valence-electron chi connectivity index (χ0n) is 29.8. The molecule has 0 heterocycles. The van der Waals surface area contributed by atoms with E-state index in [0.29, 0.717) is 37.4 Å². The molecule has 11 atom stereocenters. The number of rotatable bonds is 10. The van der Waals surface area contributed by atoms with E-state index in [-0.39, 0.29) is 51.4 Å². The summed E-state index contributed by atoms with van der Waals surface area (Å²) in [5.74, 6) is 1.06. The van der Waals surface area contributed by atoms with Gasteiger partial charge in [-0.3, -0.25) is 4.79 Å². The van der Waals surface area contributed by atoms with Crippen molar-refractivity contribution in [3.8, 4) is 0 Å². The van der Waals surface area contributed by atoms with Crippen molar-refractivity contribution in [3.63, 3.8) is 0 Å².